The first-order chi connectivity index (χ1) is 12.6. The summed E-state index contributed by atoms with van der Waals surface area (Å²) in [4.78, 5) is 17.2. The SMILES string of the molecule is C=c1[nH]n(-c2ccccc2)c(=O)/c1=C\Nc1cc(Br)cc2cccnc12. The van der Waals surface area contributed by atoms with Gasteiger partial charge in [0.1, 0.15) is 0 Å². The Bertz CT molecular complexity index is 1260. The van der Waals surface area contributed by atoms with Gasteiger partial charge in [-0.3, -0.25) is 14.9 Å². The molecule has 0 bridgehead atoms. The Morgan fingerprint density at radius 3 is 2.77 bits per heavy atom. The highest BCUT2D eigenvalue weighted by Gasteiger charge is 2.06. The number of benzene rings is 2. The van der Waals surface area contributed by atoms with Crippen molar-refractivity contribution in [2.75, 3.05) is 5.32 Å². The molecular weight excluding hydrogens is 392 g/mol. The minimum atomic E-state index is -0.166. The fourth-order valence-corrected chi connectivity index (χ4v) is 3.29. The quantitative estimate of drug-likeness (QED) is 0.549. The molecule has 5 nitrogen and oxygen atoms in total. The first-order valence-electron chi connectivity index (χ1n) is 8.00. The summed E-state index contributed by atoms with van der Waals surface area (Å²) in [5, 5.41) is 8.23. The van der Waals surface area contributed by atoms with Crippen molar-refractivity contribution >= 4 is 45.3 Å². The van der Waals surface area contributed by atoms with E-state index in [1.165, 1.54) is 4.68 Å². The number of para-hydroxylation sites is 1. The molecule has 2 heterocycles. The molecule has 0 amide bonds. The number of hydrogen-bond donors (Lipinski definition) is 2. The summed E-state index contributed by atoms with van der Waals surface area (Å²) in [5.74, 6) is 0. The highest BCUT2D eigenvalue weighted by Crippen LogP contribution is 2.26. The zero-order valence-electron chi connectivity index (χ0n) is 13.7. The lowest BCUT2D eigenvalue weighted by Crippen LogP contribution is -2.34. The molecule has 0 fully saturated rings. The molecule has 26 heavy (non-hydrogen) atoms. The summed E-state index contributed by atoms with van der Waals surface area (Å²) in [6.45, 7) is 3.95. The fraction of sp³-hybridized carbons (Fsp3) is 0. The average molecular weight is 407 g/mol. The topological polar surface area (TPSA) is 62.7 Å². The number of H-pyrrole nitrogens is 1. The van der Waals surface area contributed by atoms with E-state index >= 15 is 0 Å². The van der Waals surface area contributed by atoms with Crippen molar-refractivity contribution < 1.29 is 0 Å². The number of rotatable bonds is 3. The minimum Gasteiger partial charge on any atom is -0.359 e. The van der Waals surface area contributed by atoms with E-state index in [0.29, 0.717) is 10.6 Å². The number of nitrogens with one attached hydrogen (secondary N) is 2. The Morgan fingerprint density at radius 1 is 1.15 bits per heavy atom. The molecule has 6 heteroatoms. The number of aromatic nitrogens is 3. The predicted molar refractivity (Wildman–Crippen MR) is 109 cm³/mol. The van der Waals surface area contributed by atoms with Gasteiger partial charge in [-0.2, -0.15) is 0 Å². The van der Waals surface area contributed by atoms with Crippen LogP contribution in [0.3, 0.4) is 0 Å². The summed E-state index contributed by atoms with van der Waals surface area (Å²) in [6, 6.07) is 17.2. The van der Waals surface area contributed by atoms with E-state index < -0.39 is 0 Å². The van der Waals surface area contributed by atoms with Crippen molar-refractivity contribution in [3.63, 3.8) is 0 Å². The van der Waals surface area contributed by atoms with Crippen LogP contribution in [0.4, 0.5) is 5.69 Å². The highest BCUT2D eigenvalue weighted by molar-refractivity contribution is 9.10. The Labute approximate surface area is 157 Å². The summed E-state index contributed by atoms with van der Waals surface area (Å²) in [5.41, 5.74) is 2.23. The van der Waals surface area contributed by atoms with E-state index in [1.807, 2.05) is 54.6 Å². The van der Waals surface area contributed by atoms with Crippen LogP contribution < -0.4 is 21.4 Å². The number of nitrogens with zero attached hydrogens (tertiary/aromatic N) is 2. The van der Waals surface area contributed by atoms with Crippen molar-refractivity contribution in [3.8, 4) is 5.69 Å². The van der Waals surface area contributed by atoms with Gasteiger partial charge >= 0.3 is 0 Å². The van der Waals surface area contributed by atoms with Gasteiger partial charge < -0.3 is 5.32 Å². The second-order valence-electron chi connectivity index (χ2n) is 5.80. The van der Waals surface area contributed by atoms with Gasteiger partial charge in [0.2, 0.25) is 0 Å². The third-order valence-corrected chi connectivity index (χ3v) is 4.52. The van der Waals surface area contributed by atoms with Gasteiger partial charge in [-0.25, -0.2) is 4.68 Å². The average Bonchev–Trinajstić information content (AvgIpc) is 2.94. The molecule has 0 aliphatic carbocycles. The predicted octanol–water partition coefficient (Wildman–Crippen LogP) is 2.74. The summed E-state index contributed by atoms with van der Waals surface area (Å²) in [7, 11) is 0. The molecule has 0 atom stereocenters. The molecular formula is C20H15BrN4O. The number of halogens is 1. The van der Waals surface area contributed by atoms with Crippen molar-refractivity contribution in [2.24, 2.45) is 0 Å². The van der Waals surface area contributed by atoms with Gasteiger partial charge in [-0.15, -0.1) is 0 Å². The molecule has 0 unspecified atom stereocenters. The van der Waals surface area contributed by atoms with Crippen LogP contribution in [0.2, 0.25) is 0 Å². The maximum absolute atomic E-state index is 12.7. The third kappa shape index (κ3) is 2.95. The molecule has 2 N–H and O–H groups in total. The molecule has 128 valence electrons. The second kappa shape index (κ2) is 6.65. The van der Waals surface area contributed by atoms with Gasteiger partial charge in [-0.1, -0.05) is 46.8 Å². The molecule has 4 aromatic rings. The zero-order valence-corrected chi connectivity index (χ0v) is 15.3. The monoisotopic (exact) mass is 406 g/mol. The lowest BCUT2D eigenvalue weighted by atomic mass is 10.2. The number of fused-ring (bicyclic) bond motifs is 1. The summed E-state index contributed by atoms with van der Waals surface area (Å²) in [6.07, 6.45) is 3.41. The van der Waals surface area contributed by atoms with E-state index in [0.717, 1.165) is 26.8 Å². The first-order valence-corrected chi connectivity index (χ1v) is 8.79. The largest absolute Gasteiger partial charge is 0.359 e. The van der Waals surface area contributed by atoms with Crippen LogP contribution in [0.25, 0.3) is 29.4 Å². The van der Waals surface area contributed by atoms with E-state index in [-0.39, 0.29) is 5.56 Å². The molecule has 0 saturated heterocycles. The van der Waals surface area contributed by atoms with Crippen LogP contribution in [0, 0.1) is 0 Å². The molecule has 0 radical (unpaired) electrons. The molecule has 0 spiro atoms. The maximum atomic E-state index is 12.7. The van der Waals surface area contributed by atoms with E-state index in [9.17, 15) is 4.79 Å². The number of pyridine rings is 1. The van der Waals surface area contributed by atoms with Gasteiger partial charge in [0.25, 0.3) is 5.56 Å². The van der Waals surface area contributed by atoms with Crippen LogP contribution in [0.5, 0.6) is 0 Å². The molecule has 0 aliphatic rings. The Balaban J connectivity index is 1.81. The smallest absolute Gasteiger partial charge is 0.280 e. The summed E-state index contributed by atoms with van der Waals surface area (Å²) < 4.78 is 2.41. The number of aromatic amines is 1. The second-order valence-corrected chi connectivity index (χ2v) is 6.71. The van der Waals surface area contributed by atoms with Gasteiger partial charge in [0.05, 0.1) is 27.5 Å². The fourth-order valence-electron chi connectivity index (χ4n) is 2.82. The van der Waals surface area contributed by atoms with E-state index in [1.54, 1.807) is 12.4 Å². The van der Waals surface area contributed by atoms with Crippen molar-refractivity contribution in [3.05, 3.63) is 86.2 Å². The van der Waals surface area contributed by atoms with Crippen LogP contribution in [0.1, 0.15) is 0 Å². The number of hydrogen-bond acceptors (Lipinski definition) is 3. The Hall–Kier alpha value is -3.12. The van der Waals surface area contributed by atoms with E-state index in [4.69, 9.17) is 0 Å². The Morgan fingerprint density at radius 2 is 1.96 bits per heavy atom. The van der Waals surface area contributed by atoms with Crippen LogP contribution >= 0.6 is 15.9 Å². The Kier molecular flexibility index (Phi) is 4.18. The van der Waals surface area contributed by atoms with Gasteiger partial charge in [-0.05, 0) is 30.3 Å². The molecule has 0 saturated carbocycles. The lowest BCUT2D eigenvalue weighted by molar-refractivity contribution is 0.838. The van der Waals surface area contributed by atoms with Gasteiger partial charge in [0.15, 0.2) is 0 Å². The highest BCUT2D eigenvalue weighted by atomic mass is 79.9. The van der Waals surface area contributed by atoms with E-state index in [2.05, 4.69) is 37.9 Å². The number of anilines is 1. The third-order valence-electron chi connectivity index (χ3n) is 4.06. The standard InChI is InChI=1S/C20H15BrN4O/c1-13-17(20(26)25(24-13)16-7-3-2-4-8-16)12-23-18-11-15(21)10-14-6-5-9-22-19(14)18/h2-12,23-24H,1H2/b17-12-. The molecule has 0 aliphatic heterocycles. The van der Waals surface area contributed by atoms with Crippen molar-refractivity contribution in [2.45, 2.75) is 0 Å². The van der Waals surface area contributed by atoms with Crippen molar-refractivity contribution in [1.29, 1.82) is 0 Å². The van der Waals surface area contributed by atoms with Gasteiger partial charge in [0, 0.05) is 22.3 Å². The molecule has 2 aromatic carbocycles. The first kappa shape index (κ1) is 16.4. The summed E-state index contributed by atoms with van der Waals surface area (Å²) >= 11 is 3.51. The van der Waals surface area contributed by atoms with Crippen LogP contribution in [0.15, 0.2) is 70.1 Å². The van der Waals surface area contributed by atoms with Crippen LogP contribution in [-0.2, 0) is 0 Å². The van der Waals surface area contributed by atoms with Crippen molar-refractivity contribution in [1.82, 2.24) is 14.8 Å². The molecule has 2 aromatic heterocycles. The minimum absolute atomic E-state index is 0.166. The maximum Gasteiger partial charge on any atom is 0.280 e. The normalized spacial score (nSPS) is 11.8. The lowest BCUT2D eigenvalue weighted by Gasteiger charge is -2.06. The van der Waals surface area contributed by atoms with Crippen LogP contribution in [-0.4, -0.2) is 14.8 Å². The molecule has 4 rings (SSSR count). The zero-order chi connectivity index (χ0) is 18.1.